The molecule has 0 aromatic heterocycles. The molecular weight excluding hydrogens is 227 g/mol. The van der Waals surface area contributed by atoms with E-state index in [1.807, 2.05) is 18.2 Å². The van der Waals surface area contributed by atoms with Crippen LogP contribution in [-0.2, 0) is 13.1 Å². The molecule has 0 bridgehead atoms. The first-order chi connectivity index (χ1) is 8.79. The number of halogens is 1. The molecule has 0 fully saturated rings. The number of nitrogens with zero attached hydrogens (tertiary/aromatic N) is 1. The maximum Gasteiger partial charge on any atom is 0.127 e. The summed E-state index contributed by atoms with van der Waals surface area (Å²) in [6, 6.07) is 16.1. The lowest BCUT2D eigenvalue weighted by Gasteiger charge is -2.06. The van der Waals surface area contributed by atoms with Crippen molar-refractivity contribution in [2.24, 2.45) is 0 Å². The van der Waals surface area contributed by atoms with Gasteiger partial charge in [0.1, 0.15) is 5.82 Å². The van der Waals surface area contributed by atoms with Gasteiger partial charge in [0.05, 0.1) is 11.6 Å². The summed E-state index contributed by atoms with van der Waals surface area (Å²) in [6.45, 7) is 1.15. The van der Waals surface area contributed by atoms with E-state index in [4.69, 9.17) is 5.26 Å². The van der Waals surface area contributed by atoms with E-state index in [2.05, 4.69) is 11.4 Å². The highest BCUT2D eigenvalue weighted by Gasteiger charge is 2.00. The topological polar surface area (TPSA) is 35.8 Å². The van der Waals surface area contributed by atoms with Crippen molar-refractivity contribution in [3.05, 3.63) is 71.0 Å². The van der Waals surface area contributed by atoms with Gasteiger partial charge in [-0.2, -0.15) is 5.26 Å². The molecule has 0 heterocycles. The van der Waals surface area contributed by atoms with E-state index in [-0.39, 0.29) is 5.82 Å². The second-order valence-electron chi connectivity index (χ2n) is 4.00. The summed E-state index contributed by atoms with van der Waals surface area (Å²) in [5.41, 5.74) is 2.38. The molecule has 2 nitrogen and oxygen atoms in total. The lowest BCUT2D eigenvalue weighted by atomic mass is 10.1. The van der Waals surface area contributed by atoms with Crippen LogP contribution < -0.4 is 5.32 Å². The zero-order valence-electron chi connectivity index (χ0n) is 9.86. The Morgan fingerprint density at radius 3 is 2.39 bits per heavy atom. The van der Waals surface area contributed by atoms with E-state index in [0.717, 1.165) is 5.56 Å². The first-order valence-electron chi connectivity index (χ1n) is 5.73. The van der Waals surface area contributed by atoms with Crippen LogP contribution >= 0.6 is 0 Å². The summed E-state index contributed by atoms with van der Waals surface area (Å²) in [5, 5.41) is 11.8. The average molecular weight is 240 g/mol. The van der Waals surface area contributed by atoms with Crippen LogP contribution in [0.1, 0.15) is 16.7 Å². The second-order valence-corrected chi connectivity index (χ2v) is 4.00. The third-order valence-corrected chi connectivity index (χ3v) is 2.69. The summed E-state index contributed by atoms with van der Waals surface area (Å²) in [7, 11) is 0. The number of nitriles is 1. The second kappa shape index (κ2) is 5.95. The van der Waals surface area contributed by atoms with Gasteiger partial charge in [0.15, 0.2) is 0 Å². The van der Waals surface area contributed by atoms with Crippen LogP contribution in [0.5, 0.6) is 0 Å². The van der Waals surface area contributed by atoms with Crippen LogP contribution in [0, 0.1) is 17.1 Å². The number of benzene rings is 2. The fraction of sp³-hybridized carbons (Fsp3) is 0.133. The normalized spacial score (nSPS) is 10.0. The molecule has 3 heteroatoms. The van der Waals surface area contributed by atoms with Gasteiger partial charge in [-0.05, 0) is 23.8 Å². The quantitative estimate of drug-likeness (QED) is 0.891. The zero-order chi connectivity index (χ0) is 12.8. The van der Waals surface area contributed by atoms with Crippen LogP contribution in [0.15, 0.2) is 48.5 Å². The van der Waals surface area contributed by atoms with Gasteiger partial charge in [-0.15, -0.1) is 0 Å². The molecule has 0 saturated carbocycles. The molecule has 0 radical (unpaired) electrons. The van der Waals surface area contributed by atoms with E-state index in [1.54, 1.807) is 24.3 Å². The minimum absolute atomic E-state index is 0.190. The predicted molar refractivity (Wildman–Crippen MR) is 68.1 cm³/mol. The molecule has 1 N–H and O–H groups in total. The highest BCUT2D eigenvalue weighted by atomic mass is 19.1. The van der Waals surface area contributed by atoms with Gasteiger partial charge in [-0.1, -0.05) is 30.3 Å². The lowest BCUT2D eigenvalue weighted by molar-refractivity contribution is 0.588. The molecule has 2 rings (SSSR count). The summed E-state index contributed by atoms with van der Waals surface area (Å²) in [5.74, 6) is -0.190. The van der Waals surface area contributed by atoms with Gasteiger partial charge in [0.25, 0.3) is 0 Å². The maximum atomic E-state index is 13.3. The minimum atomic E-state index is -0.190. The number of hydrogen-bond donors (Lipinski definition) is 1. The summed E-state index contributed by atoms with van der Waals surface area (Å²) < 4.78 is 13.3. The Morgan fingerprint density at radius 2 is 1.72 bits per heavy atom. The van der Waals surface area contributed by atoms with Gasteiger partial charge < -0.3 is 5.32 Å². The highest BCUT2D eigenvalue weighted by Crippen LogP contribution is 2.07. The Hall–Kier alpha value is -2.18. The van der Waals surface area contributed by atoms with Gasteiger partial charge in [-0.25, -0.2) is 4.39 Å². The molecule has 0 aliphatic carbocycles. The Morgan fingerprint density at radius 1 is 1.00 bits per heavy atom. The monoisotopic (exact) mass is 240 g/mol. The molecule has 90 valence electrons. The molecule has 0 spiro atoms. The largest absolute Gasteiger partial charge is 0.309 e. The Bertz CT molecular complexity index is 555. The molecule has 2 aromatic carbocycles. The molecule has 0 aliphatic rings. The molecule has 0 atom stereocenters. The third-order valence-electron chi connectivity index (χ3n) is 2.69. The SMILES string of the molecule is N#Cc1ccc(CNCc2ccccc2F)cc1. The lowest BCUT2D eigenvalue weighted by Crippen LogP contribution is -2.13. The van der Waals surface area contributed by atoms with E-state index < -0.39 is 0 Å². The van der Waals surface area contributed by atoms with Crippen molar-refractivity contribution >= 4 is 0 Å². The van der Waals surface area contributed by atoms with Crippen molar-refractivity contribution in [2.75, 3.05) is 0 Å². The van der Waals surface area contributed by atoms with E-state index in [0.29, 0.717) is 24.2 Å². The van der Waals surface area contributed by atoms with Crippen molar-refractivity contribution in [3.8, 4) is 6.07 Å². The highest BCUT2D eigenvalue weighted by molar-refractivity contribution is 5.31. The zero-order valence-corrected chi connectivity index (χ0v) is 9.86. The number of hydrogen-bond acceptors (Lipinski definition) is 2. The molecular formula is C15H13FN2. The molecule has 18 heavy (non-hydrogen) atoms. The van der Waals surface area contributed by atoms with Crippen LogP contribution in [0.4, 0.5) is 4.39 Å². The third kappa shape index (κ3) is 3.16. The summed E-state index contributed by atoms with van der Waals surface area (Å²) >= 11 is 0. The molecule has 0 aliphatic heterocycles. The fourth-order valence-corrected chi connectivity index (χ4v) is 1.68. The first kappa shape index (κ1) is 12.3. The van der Waals surface area contributed by atoms with E-state index >= 15 is 0 Å². The standard InChI is InChI=1S/C15H13FN2/c16-15-4-2-1-3-14(15)11-18-10-13-7-5-12(9-17)6-8-13/h1-8,18H,10-11H2. The fourth-order valence-electron chi connectivity index (χ4n) is 1.68. The van der Waals surface area contributed by atoms with Crippen LogP contribution in [0.2, 0.25) is 0 Å². The maximum absolute atomic E-state index is 13.3. The van der Waals surface area contributed by atoms with Gasteiger partial charge in [0, 0.05) is 18.7 Å². The minimum Gasteiger partial charge on any atom is -0.309 e. The number of rotatable bonds is 4. The van der Waals surface area contributed by atoms with Gasteiger partial charge in [0.2, 0.25) is 0 Å². The first-order valence-corrected chi connectivity index (χ1v) is 5.73. The van der Waals surface area contributed by atoms with Crippen LogP contribution in [-0.4, -0.2) is 0 Å². The van der Waals surface area contributed by atoms with E-state index in [1.165, 1.54) is 6.07 Å². The van der Waals surface area contributed by atoms with Crippen molar-refractivity contribution in [1.29, 1.82) is 5.26 Å². The Balaban J connectivity index is 1.89. The predicted octanol–water partition coefficient (Wildman–Crippen LogP) is 2.99. The van der Waals surface area contributed by atoms with Crippen LogP contribution in [0.25, 0.3) is 0 Å². The van der Waals surface area contributed by atoms with Crippen molar-refractivity contribution in [1.82, 2.24) is 5.32 Å². The number of nitrogens with one attached hydrogen (secondary N) is 1. The Kier molecular flexibility index (Phi) is 4.06. The molecule has 0 unspecified atom stereocenters. The van der Waals surface area contributed by atoms with Crippen molar-refractivity contribution < 1.29 is 4.39 Å². The Labute approximate surface area is 106 Å². The summed E-state index contributed by atoms with van der Waals surface area (Å²) in [4.78, 5) is 0. The van der Waals surface area contributed by atoms with Crippen molar-refractivity contribution in [2.45, 2.75) is 13.1 Å². The molecule has 0 saturated heterocycles. The summed E-state index contributed by atoms with van der Waals surface area (Å²) in [6.07, 6.45) is 0. The average Bonchev–Trinajstić information content (AvgIpc) is 2.42. The van der Waals surface area contributed by atoms with Crippen LogP contribution in [0.3, 0.4) is 0 Å². The van der Waals surface area contributed by atoms with Gasteiger partial charge >= 0.3 is 0 Å². The molecule has 0 amide bonds. The van der Waals surface area contributed by atoms with Gasteiger partial charge in [-0.3, -0.25) is 0 Å². The smallest absolute Gasteiger partial charge is 0.127 e. The molecule has 2 aromatic rings. The van der Waals surface area contributed by atoms with E-state index in [9.17, 15) is 4.39 Å². The van der Waals surface area contributed by atoms with Crippen molar-refractivity contribution in [3.63, 3.8) is 0 Å².